The van der Waals surface area contributed by atoms with E-state index in [1.54, 1.807) is 0 Å². The van der Waals surface area contributed by atoms with Crippen LogP contribution in [0.4, 0.5) is 5.69 Å². The van der Waals surface area contributed by atoms with Gasteiger partial charge in [0.25, 0.3) is 0 Å². The summed E-state index contributed by atoms with van der Waals surface area (Å²) < 4.78 is 7.53. The molecular formula is C13H17N3O. The number of rotatable bonds is 4. The summed E-state index contributed by atoms with van der Waals surface area (Å²) >= 11 is 0. The molecule has 1 aromatic carbocycles. The van der Waals surface area contributed by atoms with Crippen LogP contribution in [-0.2, 0) is 13.2 Å². The highest BCUT2D eigenvalue weighted by Gasteiger charge is 2.01. The Bertz CT molecular complexity index is 505. The molecule has 0 bridgehead atoms. The molecule has 2 rings (SSSR count). The largest absolute Gasteiger partial charge is 0.489 e. The lowest BCUT2D eigenvalue weighted by atomic mass is 10.2. The zero-order valence-corrected chi connectivity index (χ0v) is 10.2. The smallest absolute Gasteiger partial charge is 0.121 e. The van der Waals surface area contributed by atoms with Gasteiger partial charge < -0.3 is 10.5 Å². The monoisotopic (exact) mass is 231 g/mol. The van der Waals surface area contributed by atoms with Gasteiger partial charge in [0.05, 0.1) is 6.20 Å². The van der Waals surface area contributed by atoms with Crippen LogP contribution in [0, 0.1) is 6.92 Å². The Morgan fingerprint density at radius 3 is 2.88 bits per heavy atom. The van der Waals surface area contributed by atoms with E-state index in [1.165, 1.54) is 0 Å². The number of aryl methyl sites for hydroxylation is 2. The van der Waals surface area contributed by atoms with Gasteiger partial charge >= 0.3 is 0 Å². The van der Waals surface area contributed by atoms with Crippen molar-refractivity contribution in [1.29, 1.82) is 0 Å². The normalized spacial score (nSPS) is 10.5. The van der Waals surface area contributed by atoms with Gasteiger partial charge in [-0.25, -0.2) is 0 Å². The Labute approximate surface area is 101 Å². The lowest BCUT2D eigenvalue weighted by Gasteiger charge is -2.06. The van der Waals surface area contributed by atoms with Crippen molar-refractivity contribution in [3.8, 4) is 5.75 Å². The SMILES string of the molecule is CCn1cc(COc2ccc(C)c(N)c2)cn1. The van der Waals surface area contributed by atoms with Crippen molar-refractivity contribution in [2.24, 2.45) is 0 Å². The van der Waals surface area contributed by atoms with Crippen LogP contribution in [-0.4, -0.2) is 9.78 Å². The number of nitrogens with two attached hydrogens (primary N) is 1. The molecule has 17 heavy (non-hydrogen) atoms. The summed E-state index contributed by atoms with van der Waals surface area (Å²) in [6.07, 6.45) is 3.80. The van der Waals surface area contributed by atoms with Gasteiger partial charge in [0.15, 0.2) is 0 Å². The van der Waals surface area contributed by atoms with Gasteiger partial charge in [0.2, 0.25) is 0 Å². The van der Waals surface area contributed by atoms with Crippen molar-refractivity contribution in [2.75, 3.05) is 5.73 Å². The van der Waals surface area contributed by atoms with E-state index in [4.69, 9.17) is 10.5 Å². The third-order valence-electron chi connectivity index (χ3n) is 2.67. The fourth-order valence-corrected chi connectivity index (χ4v) is 1.53. The third kappa shape index (κ3) is 2.78. The average molecular weight is 231 g/mol. The van der Waals surface area contributed by atoms with E-state index >= 15 is 0 Å². The number of nitrogens with zero attached hydrogens (tertiary/aromatic N) is 2. The first-order valence-corrected chi connectivity index (χ1v) is 5.69. The zero-order valence-electron chi connectivity index (χ0n) is 10.2. The molecule has 0 amide bonds. The number of aromatic nitrogens is 2. The van der Waals surface area contributed by atoms with Gasteiger partial charge in [0, 0.05) is 30.1 Å². The Morgan fingerprint density at radius 2 is 2.24 bits per heavy atom. The maximum atomic E-state index is 5.82. The van der Waals surface area contributed by atoms with Crippen LogP contribution in [0.2, 0.25) is 0 Å². The number of ether oxygens (including phenoxy) is 1. The van der Waals surface area contributed by atoms with Gasteiger partial charge in [-0.1, -0.05) is 6.07 Å². The second-order valence-electron chi connectivity index (χ2n) is 4.01. The lowest BCUT2D eigenvalue weighted by molar-refractivity contribution is 0.306. The molecule has 0 aliphatic heterocycles. The molecule has 0 saturated carbocycles. The van der Waals surface area contributed by atoms with E-state index in [2.05, 4.69) is 12.0 Å². The first-order valence-electron chi connectivity index (χ1n) is 5.69. The van der Waals surface area contributed by atoms with E-state index in [0.717, 1.165) is 29.1 Å². The molecule has 0 fully saturated rings. The van der Waals surface area contributed by atoms with Crippen LogP contribution < -0.4 is 10.5 Å². The molecule has 0 atom stereocenters. The quantitative estimate of drug-likeness (QED) is 0.822. The van der Waals surface area contributed by atoms with Crippen LogP contribution >= 0.6 is 0 Å². The summed E-state index contributed by atoms with van der Waals surface area (Å²) in [6, 6.07) is 5.73. The maximum Gasteiger partial charge on any atom is 0.121 e. The topological polar surface area (TPSA) is 53.1 Å². The first-order chi connectivity index (χ1) is 8.19. The Hall–Kier alpha value is -1.97. The second-order valence-corrected chi connectivity index (χ2v) is 4.01. The molecule has 0 aliphatic rings. The molecule has 0 spiro atoms. The molecule has 1 heterocycles. The van der Waals surface area contributed by atoms with E-state index in [1.807, 2.05) is 42.2 Å². The van der Waals surface area contributed by atoms with Crippen molar-refractivity contribution in [2.45, 2.75) is 27.0 Å². The summed E-state index contributed by atoms with van der Waals surface area (Å²) in [5.41, 5.74) is 8.70. The first kappa shape index (κ1) is 11.5. The number of hydrogen-bond acceptors (Lipinski definition) is 3. The van der Waals surface area contributed by atoms with Crippen molar-refractivity contribution in [3.63, 3.8) is 0 Å². The summed E-state index contributed by atoms with van der Waals surface area (Å²) in [7, 11) is 0. The Balaban J connectivity index is 1.99. The zero-order chi connectivity index (χ0) is 12.3. The lowest BCUT2D eigenvalue weighted by Crippen LogP contribution is -1.97. The van der Waals surface area contributed by atoms with Crippen LogP contribution in [0.25, 0.3) is 0 Å². The van der Waals surface area contributed by atoms with Crippen LogP contribution in [0.1, 0.15) is 18.1 Å². The van der Waals surface area contributed by atoms with Crippen molar-refractivity contribution in [1.82, 2.24) is 9.78 Å². The molecule has 0 saturated heterocycles. The number of anilines is 1. The third-order valence-corrected chi connectivity index (χ3v) is 2.67. The minimum absolute atomic E-state index is 0.516. The van der Waals surface area contributed by atoms with Crippen molar-refractivity contribution < 1.29 is 4.74 Å². The van der Waals surface area contributed by atoms with Gasteiger partial charge in [-0.3, -0.25) is 4.68 Å². The highest BCUT2D eigenvalue weighted by Crippen LogP contribution is 2.19. The number of hydrogen-bond donors (Lipinski definition) is 1. The Kier molecular flexibility index (Phi) is 3.32. The van der Waals surface area contributed by atoms with Crippen LogP contribution in [0.5, 0.6) is 5.75 Å². The molecule has 1 aromatic heterocycles. The average Bonchev–Trinajstić information content (AvgIpc) is 2.79. The summed E-state index contributed by atoms with van der Waals surface area (Å²) in [6.45, 7) is 5.42. The number of benzene rings is 1. The summed E-state index contributed by atoms with van der Waals surface area (Å²) in [5.74, 6) is 0.789. The van der Waals surface area contributed by atoms with Gasteiger partial charge in [0.1, 0.15) is 12.4 Å². The number of nitrogen functional groups attached to an aromatic ring is 1. The van der Waals surface area contributed by atoms with Crippen LogP contribution in [0.15, 0.2) is 30.6 Å². The Morgan fingerprint density at radius 1 is 1.41 bits per heavy atom. The van der Waals surface area contributed by atoms with Gasteiger partial charge in [-0.05, 0) is 25.5 Å². The summed E-state index contributed by atoms with van der Waals surface area (Å²) in [4.78, 5) is 0. The highest BCUT2D eigenvalue weighted by atomic mass is 16.5. The fraction of sp³-hybridized carbons (Fsp3) is 0.308. The maximum absolute atomic E-state index is 5.82. The van der Waals surface area contributed by atoms with E-state index in [-0.39, 0.29) is 0 Å². The van der Waals surface area contributed by atoms with Crippen molar-refractivity contribution in [3.05, 3.63) is 41.7 Å². The predicted molar refractivity (Wildman–Crippen MR) is 67.8 cm³/mol. The molecule has 0 aliphatic carbocycles. The van der Waals surface area contributed by atoms with E-state index in [0.29, 0.717) is 6.61 Å². The fourth-order valence-electron chi connectivity index (χ4n) is 1.53. The predicted octanol–water partition coefficient (Wildman–Crippen LogP) is 2.37. The van der Waals surface area contributed by atoms with Crippen LogP contribution in [0.3, 0.4) is 0 Å². The highest BCUT2D eigenvalue weighted by molar-refractivity contribution is 5.50. The molecule has 90 valence electrons. The molecule has 2 N–H and O–H groups in total. The molecular weight excluding hydrogens is 214 g/mol. The van der Waals surface area contributed by atoms with E-state index in [9.17, 15) is 0 Å². The van der Waals surface area contributed by atoms with Gasteiger partial charge in [-0.15, -0.1) is 0 Å². The van der Waals surface area contributed by atoms with Gasteiger partial charge in [-0.2, -0.15) is 5.10 Å². The molecule has 2 aromatic rings. The molecule has 0 radical (unpaired) electrons. The minimum Gasteiger partial charge on any atom is -0.489 e. The van der Waals surface area contributed by atoms with Crippen molar-refractivity contribution >= 4 is 5.69 Å². The second kappa shape index (κ2) is 4.91. The summed E-state index contributed by atoms with van der Waals surface area (Å²) in [5, 5.41) is 4.19. The molecule has 0 unspecified atom stereocenters. The standard InChI is InChI=1S/C13H17N3O/c1-3-16-8-11(7-15-16)9-17-12-5-4-10(2)13(14)6-12/h4-8H,3,9,14H2,1-2H3. The molecule has 4 heteroatoms. The minimum atomic E-state index is 0.516. The molecule has 4 nitrogen and oxygen atoms in total. The van der Waals surface area contributed by atoms with E-state index < -0.39 is 0 Å².